The average Bonchev–Trinajstić information content (AvgIpc) is 3.26. The Morgan fingerprint density at radius 2 is 1.94 bits per heavy atom. The fourth-order valence-electron chi connectivity index (χ4n) is 4.39. The second-order valence-corrected chi connectivity index (χ2v) is 8.83. The van der Waals surface area contributed by atoms with Gasteiger partial charge in [-0.2, -0.15) is 0 Å². The first-order valence-corrected chi connectivity index (χ1v) is 11.3. The van der Waals surface area contributed by atoms with E-state index in [9.17, 15) is 9.59 Å². The average molecular weight is 444 g/mol. The van der Waals surface area contributed by atoms with Crippen molar-refractivity contribution in [1.29, 1.82) is 5.41 Å². The van der Waals surface area contributed by atoms with Crippen molar-refractivity contribution in [1.82, 2.24) is 19.9 Å². The maximum Gasteiger partial charge on any atom is 0.250 e. The normalized spacial score (nSPS) is 17.8. The number of hydrogen-bond donors (Lipinski definition) is 2. The van der Waals surface area contributed by atoms with Crippen LogP contribution >= 0.6 is 0 Å². The lowest BCUT2D eigenvalue weighted by molar-refractivity contribution is 0.0995. The van der Waals surface area contributed by atoms with Crippen LogP contribution < -0.4 is 10.9 Å². The third-order valence-electron chi connectivity index (χ3n) is 6.24. The van der Waals surface area contributed by atoms with Crippen molar-refractivity contribution in [2.75, 3.05) is 7.05 Å². The molecule has 2 aromatic heterocycles. The Labute approximate surface area is 193 Å². The van der Waals surface area contributed by atoms with Crippen molar-refractivity contribution < 1.29 is 4.79 Å². The molecule has 2 heterocycles. The summed E-state index contributed by atoms with van der Waals surface area (Å²) in [5, 5.41) is 11.4. The molecule has 1 fully saturated rings. The van der Waals surface area contributed by atoms with E-state index in [2.05, 4.69) is 22.2 Å². The Morgan fingerprint density at radius 1 is 1.15 bits per heavy atom. The van der Waals surface area contributed by atoms with Gasteiger partial charge >= 0.3 is 0 Å². The summed E-state index contributed by atoms with van der Waals surface area (Å²) < 4.78 is 1.79. The van der Waals surface area contributed by atoms with Crippen molar-refractivity contribution in [3.63, 3.8) is 0 Å². The van der Waals surface area contributed by atoms with Gasteiger partial charge in [0.25, 0.3) is 5.56 Å². The first-order chi connectivity index (χ1) is 15.9. The van der Waals surface area contributed by atoms with Gasteiger partial charge in [0.15, 0.2) is 5.78 Å². The molecule has 7 nitrogen and oxygen atoms in total. The van der Waals surface area contributed by atoms with Gasteiger partial charge in [-0.1, -0.05) is 31.2 Å². The van der Waals surface area contributed by atoms with Gasteiger partial charge in [0.2, 0.25) is 0 Å². The molecule has 1 aliphatic rings. The molecule has 170 valence electrons. The molecule has 0 aliphatic heterocycles. The van der Waals surface area contributed by atoms with Crippen molar-refractivity contribution >= 4 is 11.5 Å². The van der Waals surface area contributed by atoms with Gasteiger partial charge in [-0.05, 0) is 49.4 Å². The SMILES string of the molecule is CNCc1ccc(C(=N)CC(=O)c2cncc(-c3ccc(=O)n(C4CCC(C)C4)c3)n2)cc1. The number of nitrogens with zero attached hydrogens (tertiary/aromatic N) is 3. The molecule has 33 heavy (non-hydrogen) atoms. The molecule has 4 rings (SSSR count). The minimum absolute atomic E-state index is 0.0211. The minimum atomic E-state index is -0.258. The highest BCUT2D eigenvalue weighted by Crippen LogP contribution is 2.33. The van der Waals surface area contributed by atoms with Crippen LogP contribution in [0.5, 0.6) is 0 Å². The second kappa shape index (κ2) is 10.0. The number of pyridine rings is 1. The van der Waals surface area contributed by atoms with Crippen LogP contribution in [0, 0.1) is 11.3 Å². The molecule has 2 unspecified atom stereocenters. The fourth-order valence-corrected chi connectivity index (χ4v) is 4.39. The number of hydrogen-bond acceptors (Lipinski definition) is 6. The number of rotatable bonds is 8. The van der Waals surface area contributed by atoms with Crippen molar-refractivity contribution in [3.8, 4) is 11.3 Å². The molecule has 0 saturated heterocycles. The van der Waals surface area contributed by atoms with E-state index in [1.807, 2.05) is 37.5 Å². The lowest BCUT2D eigenvalue weighted by Crippen LogP contribution is -2.22. The molecule has 1 aromatic carbocycles. The molecule has 2 N–H and O–H groups in total. The van der Waals surface area contributed by atoms with E-state index in [1.54, 1.807) is 22.9 Å². The molecule has 2 atom stereocenters. The molecule has 0 spiro atoms. The van der Waals surface area contributed by atoms with Gasteiger partial charge < -0.3 is 15.3 Å². The number of nitrogens with one attached hydrogen (secondary N) is 2. The monoisotopic (exact) mass is 443 g/mol. The summed E-state index contributed by atoms with van der Waals surface area (Å²) in [6.07, 6.45) is 7.92. The number of carbonyl (C=O) groups is 1. The molecular formula is C26H29N5O2. The Morgan fingerprint density at radius 3 is 2.64 bits per heavy atom. The Kier molecular flexibility index (Phi) is 6.89. The standard InChI is InChI=1S/C26H29N5O2/c1-17-3-9-21(11-17)31-16-20(8-10-26(31)33)23-14-29-15-24(30-23)25(32)12-22(27)19-6-4-18(5-7-19)13-28-2/h4-8,10,14-17,21,27-28H,3,9,11-13H2,1-2H3. The summed E-state index contributed by atoms with van der Waals surface area (Å²) >= 11 is 0. The number of ketones is 1. The number of aromatic nitrogens is 3. The van der Waals surface area contributed by atoms with Gasteiger partial charge in [-0.15, -0.1) is 0 Å². The van der Waals surface area contributed by atoms with Crippen LogP contribution in [-0.4, -0.2) is 33.1 Å². The Bertz CT molecular complexity index is 1220. The van der Waals surface area contributed by atoms with Gasteiger partial charge in [0.05, 0.1) is 24.5 Å². The van der Waals surface area contributed by atoms with Gasteiger partial charge in [0.1, 0.15) is 5.69 Å². The summed E-state index contributed by atoms with van der Waals surface area (Å²) in [4.78, 5) is 34.0. The molecule has 1 aliphatic carbocycles. The summed E-state index contributed by atoms with van der Waals surface area (Å²) in [5.74, 6) is 0.354. The Balaban J connectivity index is 1.51. The van der Waals surface area contributed by atoms with Crippen LogP contribution in [0.4, 0.5) is 0 Å². The van der Waals surface area contributed by atoms with E-state index in [0.29, 0.717) is 17.2 Å². The molecule has 0 bridgehead atoms. The van der Waals surface area contributed by atoms with Crippen LogP contribution in [0.3, 0.4) is 0 Å². The third kappa shape index (κ3) is 5.31. The minimum Gasteiger partial charge on any atom is -0.316 e. The first kappa shape index (κ1) is 22.7. The largest absolute Gasteiger partial charge is 0.316 e. The van der Waals surface area contributed by atoms with Gasteiger partial charge in [-0.3, -0.25) is 14.6 Å². The predicted octanol–water partition coefficient (Wildman–Crippen LogP) is 4.03. The molecule has 0 radical (unpaired) electrons. The maximum atomic E-state index is 12.8. The number of carbonyl (C=O) groups excluding carboxylic acids is 1. The highest BCUT2D eigenvalue weighted by molar-refractivity contribution is 6.14. The van der Waals surface area contributed by atoms with Crippen LogP contribution in [0.25, 0.3) is 11.3 Å². The van der Waals surface area contributed by atoms with E-state index >= 15 is 0 Å². The smallest absolute Gasteiger partial charge is 0.250 e. The Hall–Kier alpha value is -3.45. The zero-order valence-corrected chi connectivity index (χ0v) is 19.0. The van der Waals surface area contributed by atoms with E-state index in [0.717, 1.165) is 36.9 Å². The van der Waals surface area contributed by atoms with Crippen molar-refractivity contribution in [3.05, 3.63) is 82.2 Å². The van der Waals surface area contributed by atoms with Crippen molar-refractivity contribution in [2.24, 2.45) is 5.92 Å². The van der Waals surface area contributed by atoms with E-state index in [1.165, 1.54) is 6.20 Å². The number of benzene rings is 1. The highest BCUT2D eigenvalue weighted by Gasteiger charge is 2.23. The van der Waals surface area contributed by atoms with Crippen LogP contribution in [0.15, 0.2) is 59.8 Å². The summed E-state index contributed by atoms with van der Waals surface area (Å²) in [7, 11) is 1.88. The maximum absolute atomic E-state index is 12.8. The lowest BCUT2D eigenvalue weighted by atomic mass is 10.0. The first-order valence-electron chi connectivity index (χ1n) is 11.3. The van der Waals surface area contributed by atoms with Crippen LogP contribution in [0.1, 0.15) is 60.3 Å². The van der Waals surface area contributed by atoms with E-state index < -0.39 is 0 Å². The third-order valence-corrected chi connectivity index (χ3v) is 6.24. The molecule has 7 heteroatoms. The molecule has 1 saturated carbocycles. The zero-order chi connectivity index (χ0) is 23.4. The fraction of sp³-hybridized carbons (Fsp3) is 0.346. The van der Waals surface area contributed by atoms with Gasteiger partial charge in [-0.25, -0.2) is 4.98 Å². The second-order valence-electron chi connectivity index (χ2n) is 8.83. The lowest BCUT2D eigenvalue weighted by Gasteiger charge is -2.15. The molecular weight excluding hydrogens is 414 g/mol. The highest BCUT2D eigenvalue weighted by atomic mass is 16.1. The predicted molar refractivity (Wildman–Crippen MR) is 129 cm³/mol. The van der Waals surface area contributed by atoms with Crippen LogP contribution in [-0.2, 0) is 6.54 Å². The summed E-state index contributed by atoms with van der Waals surface area (Å²) in [5.41, 5.74) is 3.57. The van der Waals surface area contributed by atoms with E-state index in [4.69, 9.17) is 5.41 Å². The molecule has 0 amide bonds. The summed E-state index contributed by atoms with van der Waals surface area (Å²) in [6.45, 7) is 2.96. The topological polar surface area (TPSA) is 101 Å². The molecule has 3 aromatic rings. The number of Topliss-reactive ketones (excluding diaryl/α,β-unsaturated/α-hetero) is 1. The quantitative estimate of drug-likeness (QED) is 0.404. The van der Waals surface area contributed by atoms with E-state index in [-0.39, 0.29) is 35.2 Å². The van der Waals surface area contributed by atoms with Crippen molar-refractivity contribution in [2.45, 2.75) is 45.2 Å². The van der Waals surface area contributed by atoms with Gasteiger partial charge in [0, 0.05) is 36.1 Å². The summed E-state index contributed by atoms with van der Waals surface area (Å²) in [6, 6.07) is 11.1. The zero-order valence-electron chi connectivity index (χ0n) is 19.0. The van der Waals surface area contributed by atoms with Crippen LogP contribution in [0.2, 0.25) is 0 Å².